The van der Waals surface area contributed by atoms with E-state index in [9.17, 15) is 5.11 Å². The second-order valence-electron chi connectivity index (χ2n) is 5.95. The number of hydrogen-bond acceptors (Lipinski definition) is 3. The Morgan fingerprint density at radius 1 is 1.14 bits per heavy atom. The number of aryl methyl sites for hydroxylation is 1. The van der Waals surface area contributed by atoms with Crippen LogP contribution in [0.3, 0.4) is 0 Å². The van der Waals surface area contributed by atoms with E-state index in [1.54, 1.807) is 0 Å². The Kier molecular flexibility index (Phi) is 6.10. The molecule has 1 heterocycles. The van der Waals surface area contributed by atoms with Crippen molar-refractivity contribution in [2.24, 2.45) is 0 Å². The third kappa shape index (κ3) is 4.65. The van der Waals surface area contributed by atoms with Crippen LogP contribution in [0.15, 0.2) is 48.7 Å². The molecule has 3 nitrogen and oxygen atoms in total. The lowest BCUT2D eigenvalue weighted by Gasteiger charge is -2.27. The van der Waals surface area contributed by atoms with E-state index in [0.717, 1.165) is 24.1 Å². The average Bonchev–Trinajstić information content (AvgIpc) is 2.55. The molecule has 0 radical (unpaired) electrons. The van der Waals surface area contributed by atoms with Crippen molar-refractivity contribution < 1.29 is 5.11 Å². The number of pyridine rings is 1. The van der Waals surface area contributed by atoms with Crippen LogP contribution >= 0.6 is 0 Å². The number of hydrogen-bond donors (Lipinski definition) is 2. The fourth-order valence-electron chi connectivity index (χ4n) is 2.71. The summed E-state index contributed by atoms with van der Waals surface area (Å²) < 4.78 is 0. The van der Waals surface area contributed by atoms with Gasteiger partial charge in [0.05, 0.1) is 6.10 Å². The van der Waals surface area contributed by atoms with Crippen molar-refractivity contribution in [3.63, 3.8) is 0 Å². The fourth-order valence-corrected chi connectivity index (χ4v) is 2.71. The van der Waals surface area contributed by atoms with Crippen LogP contribution in [0.1, 0.15) is 43.2 Å². The van der Waals surface area contributed by atoms with E-state index in [1.165, 1.54) is 5.56 Å². The molecule has 1 unspecified atom stereocenters. The highest BCUT2D eigenvalue weighted by Crippen LogP contribution is 2.19. The highest BCUT2D eigenvalue weighted by molar-refractivity contribution is 5.19. The zero-order chi connectivity index (χ0) is 15.9. The summed E-state index contributed by atoms with van der Waals surface area (Å²) in [6.45, 7) is 6.25. The molecule has 3 atom stereocenters. The first kappa shape index (κ1) is 16.7. The summed E-state index contributed by atoms with van der Waals surface area (Å²) in [6, 6.07) is 14.3. The predicted octanol–water partition coefficient (Wildman–Crippen LogP) is 3.42. The van der Waals surface area contributed by atoms with Crippen molar-refractivity contribution >= 4 is 0 Å². The first-order chi connectivity index (χ1) is 10.6. The summed E-state index contributed by atoms with van der Waals surface area (Å²) in [5.74, 6) is 0. The molecule has 2 rings (SSSR count). The van der Waals surface area contributed by atoms with Crippen molar-refractivity contribution in [1.29, 1.82) is 0 Å². The molecule has 2 aromatic rings. The van der Waals surface area contributed by atoms with Crippen LogP contribution in [0.5, 0.6) is 0 Å². The summed E-state index contributed by atoms with van der Waals surface area (Å²) in [5, 5.41) is 14.1. The van der Waals surface area contributed by atoms with E-state index in [1.807, 2.05) is 49.5 Å². The van der Waals surface area contributed by atoms with Gasteiger partial charge in [0, 0.05) is 24.0 Å². The third-order valence-corrected chi connectivity index (χ3v) is 3.98. The molecule has 0 saturated carbocycles. The van der Waals surface area contributed by atoms with Gasteiger partial charge in [-0.15, -0.1) is 0 Å². The van der Waals surface area contributed by atoms with Gasteiger partial charge >= 0.3 is 0 Å². The molecule has 1 aromatic carbocycles. The molecule has 3 heteroatoms. The monoisotopic (exact) mass is 298 g/mol. The topological polar surface area (TPSA) is 45.2 Å². The molecule has 22 heavy (non-hydrogen) atoms. The molecule has 118 valence electrons. The summed E-state index contributed by atoms with van der Waals surface area (Å²) in [7, 11) is 0. The number of benzene rings is 1. The van der Waals surface area contributed by atoms with E-state index in [-0.39, 0.29) is 12.1 Å². The van der Waals surface area contributed by atoms with Crippen molar-refractivity contribution in [1.82, 2.24) is 10.3 Å². The SMILES string of the molecule is CCC(N[C@@H](C)Cc1ccc(C)nc1)[C@H](O)c1ccccc1. The highest BCUT2D eigenvalue weighted by atomic mass is 16.3. The van der Waals surface area contributed by atoms with Crippen LogP contribution in [-0.4, -0.2) is 22.2 Å². The van der Waals surface area contributed by atoms with Crippen LogP contribution < -0.4 is 5.32 Å². The molecule has 1 aromatic heterocycles. The number of aromatic nitrogens is 1. The number of aliphatic hydroxyl groups excluding tert-OH is 1. The highest BCUT2D eigenvalue weighted by Gasteiger charge is 2.20. The number of rotatable bonds is 7. The van der Waals surface area contributed by atoms with Gasteiger partial charge in [-0.05, 0) is 43.9 Å². The molecule has 0 aliphatic carbocycles. The van der Waals surface area contributed by atoms with E-state index in [4.69, 9.17) is 0 Å². The van der Waals surface area contributed by atoms with Crippen molar-refractivity contribution in [3.8, 4) is 0 Å². The second kappa shape index (κ2) is 8.06. The molecule has 0 amide bonds. The van der Waals surface area contributed by atoms with Gasteiger partial charge in [-0.2, -0.15) is 0 Å². The standard InChI is InChI=1S/C19H26N2O/c1-4-18(19(22)17-8-6-5-7-9-17)21-15(3)12-16-11-10-14(2)20-13-16/h5-11,13,15,18-19,21-22H,4,12H2,1-3H3/t15-,18?,19+/m0/s1. The molecule has 0 spiro atoms. The Balaban J connectivity index is 1.95. The molecule has 0 aliphatic rings. The Morgan fingerprint density at radius 3 is 2.45 bits per heavy atom. The molecular weight excluding hydrogens is 272 g/mol. The summed E-state index contributed by atoms with van der Waals surface area (Å²) in [6.07, 6.45) is 3.24. The van der Waals surface area contributed by atoms with Gasteiger partial charge in [-0.3, -0.25) is 4.98 Å². The minimum Gasteiger partial charge on any atom is -0.387 e. The van der Waals surface area contributed by atoms with Crippen LogP contribution in [0.4, 0.5) is 0 Å². The normalized spacial score (nSPS) is 15.3. The molecular formula is C19H26N2O. The summed E-state index contributed by atoms with van der Waals surface area (Å²) >= 11 is 0. The molecule has 0 bridgehead atoms. The van der Waals surface area contributed by atoms with Crippen molar-refractivity contribution in [2.45, 2.75) is 51.8 Å². The molecule has 0 fully saturated rings. The quantitative estimate of drug-likeness (QED) is 0.823. The van der Waals surface area contributed by atoms with Crippen molar-refractivity contribution in [2.75, 3.05) is 0 Å². The smallest absolute Gasteiger partial charge is 0.0942 e. The van der Waals surface area contributed by atoms with Crippen LogP contribution in [0.2, 0.25) is 0 Å². The predicted molar refractivity (Wildman–Crippen MR) is 90.8 cm³/mol. The lowest BCUT2D eigenvalue weighted by molar-refractivity contribution is 0.120. The Morgan fingerprint density at radius 2 is 1.86 bits per heavy atom. The van der Waals surface area contributed by atoms with Gasteiger partial charge in [0.25, 0.3) is 0 Å². The maximum atomic E-state index is 10.6. The van der Waals surface area contributed by atoms with Gasteiger partial charge in [0.15, 0.2) is 0 Å². The summed E-state index contributed by atoms with van der Waals surface area (Å²) in [4.78, 5) is 4.34. The van der Waals surface area contributed by atoms with E-state index < -0.39 is 6.10 Å². The zero-order valence-corrected chi connectivity index (χ0v) is 13.7. The van der Waals surface area contributed by atoms with E-state index in [0.29, 0.717) is 0 Å². The van der Waals surface area contributed by atoms with Crippen LogP contribution in [0.25, 0.3) is 0 Å². The molecule has 2 N–H and O–H groups in total. The first-order valence-electron chi connectivity index (χ1n) is 8.00. The fraction of sp³-hybridized carbons (Fsp3) is 0.421. The maximum Gasteiger partial charge on any atom is 0.0942 e. The van der Waals surface area contributed by atoms with Crippen molar-refractivity contribution in [3.05, 3.63) is 65.5 Å². The first-order valence-corrected chi connectivity index (χ1v) is 8.00. The largest absolute Gasteiger partial charge is 0.387 e. The van der Waals surface area contributed by atoms with Crippen LogP contribution in [-0.2, 0) is 6.42 Å². The average molecular weight is 298 g/mol. The molecule has 0 aliphatic heterocycles. The maximum absolute atomic E-state index is 10.6. The Labute approximate surface area is 133 Å². The number of aliphatic hydroxyl groups is 1. The van der Waals surface area contributed by atoms with Gasteiger partial charge < -0.3 is 10.4 Å². The van der Waals surface area contributed by atoms with Gasteiger partial charge in [-0.25, -0.2) is 0 Å². The number of nitrogens with one attached hydrogen (secondary N) is 1. The Hall–Kier alpha value is -1.71. The third-order valence-electron chi connectivity index (χ3n) is 3.98. The summed E-state index contributed by atoms with van der Waals surface area (Å²) in [5.41, 5.74) is 3.22. The number of nitrogens with zero attached hydrogens (tertiary/aromatic N) is 1. The Bertz CT molecular complexity index is 553. The lowest BCUT2D eigenvalue weighted by Crippen LogP contribution is -2.41. The van der Waals surface area contributed by atoms with E-state index >= 15 is 0 Å². The van der Waals surface area contributed by atoms with Gasteiger partial charge in [0.1, 0.15) is 0 Å². The molecule has 0 saturated heterocycles. The van der Waals surface area contributed by atoms with Gasteiger partial charge in [-0.1, -0.05) is 43.3 Å². The second-order valence-corrected chi connectivity index (χ2v) is 5.95. The lowest BCUT2D eigenvalue weighted by atomic mass is 9.98. The minimum atomic E-state index is -0.482. The van der Waals surface area contributed by atoms with E-state index in [2.05, 4.69) is 30.2 Å². The van der Waals surface area contributed by atoms with Gasteiger partial charge in [0.2, 0.25) is 0 Å². The minimum absolute atomic E-state index is 0.0517. The van der Waals surface area contributed by atoms with Crippen LogP contribution in [0, 0.1) is 6.92 Å². The zero-order valence-electron chi connectivity index (χ0n) is 13.7.